The number of nitro benzene ring substituents is 1. The average molecular weight is 342 g/mol. The molecule has 0 unspecified atom stereocenters. The number of nitro groups is 1. The molecule has 0 atom stereocenters. The number of ether oxygens (including phenoxy) is 1. The number of nitrogens with zero attached hydrogens (tertiary/aromatic N) is 1. The van der Waals surface area contributed by atoms with Crippen LogP contribution in [0.25, 0.3) is 0 Å². The number of carbonyl (C=O) groups excluding carboxylic acids is 1. The Morgan fingerprint density at radius 2 is 1.91 bits per heavy atom. The van der Waals surface area contributed by atoms with Crippen LogP contribution < -0.4 is 5.73 Å². The number of nitrogens with two attached hydrogens (primary N) is 1. The Morgan fingerprint density at radius 1 is 1.41 bits per heavy atom. The van der Waals surface area contributed by atoms with E-state index in [9.17, 15) is 36.5 Å². The molecular formula is C10H9F3N2O6S. The van der Waals surface area contributed by atoms with Crippen LogP contribution in [0.2, 0.25) is 0 Å². The molecule has 1 aromatic carbocycles. The Balaban J connectivity index is 3.97. The number of hydrogen-bond acceptors (Lipinski definition) is 7. The Hall–Kier alpha value is -2.37. The van der Waals surface area contributed by atoms with Crippen molar-refractivity contribution in [3.63, 3.8) is 0 Å². The average Bonchev–Trinajstić information content (AvgIpc) is 2.38. The predicted octanol–water partition coefficient (Wildman–Crippen LogP) is 1.57. The van der Waals surface area contributed by atoms with E-state index in [1.54, 1.807) is 0 Å². The van der Waals surface area contributed by atoms with Gasteiger partial charge >= 0.3 is 11.5 Å². The lowest BCUT2D eigenvalue weighted by atomic mass is 10.1. The third-order valence-corrected chi connectivity index (χ3v) is 4.39. The zero-order chi connectivity index (χ0) is 17.5. The molecule has 2 N–H and O–H groups in total. The molecule has 0 spiro atoms. The lowest BCUT2D eigenvalue weighted by molar-refractivity contribution is -0.384. The molecule has 0 fully saturated rings. The van der Waals surface area contributed by atoms with Crippen molar-refractivity contribution in [2.24, 2.45) is 0 Å². The highest BCUT2D eigenvalue weighted by atomic mass is 32.2. The number of alkyl halides is 3. The first kappa shape index (κ1) is 17.7. The van der Waals surface area contributed by atoms with Crippen molar-refractivity contribution in [1.29, 1.82) is 0 Å². The van der Waals surface area contributed by atoms with Crippen LogP contribution in [0.15, 0.2) is 11.0 Å². The molecule has 0 aliphatic rings. The lowest BCUT2D eigenvalue weighted by Gasteiger charge is -2.15. The summed E-state index contributed by atoms with van der Waals surface area (Å²) in [6, 6.07) is 0.340. The molecule has 0 radical (unpaired) electrons. The zero-order valence-corrected chi connectivity index (χ0v) is 11.9. The number of halogens is 3. The van der Waals surface area contributed by atoms with E-state index in [1.807, 2.05) is 0 Å². The molecule has 0 saturated carbocycles. The molecule has 0 aromatic heterocycles. The molecule has 122 valence electrons. The molecule has 12 heteroatoms. The minimum absolute atomic E-state index is 0.340. The summed E-state index contributed by atoms with van der Waals surface area (Å²) in [5, 5.41) is 10.8. The van der Waals surface area contributed by atoms with Crippen molar-refractivity contribution in [3.8, 4) is 0 Å². The second kappa shape index (κ2) is 5.44. The fourth-order valence-electron chi connectivity index (χ4n) is 1.67. The van der Waals surface area contributed by atoms with Crippen LogP contribution in [-0.2, 0) is 14.6 Å². The number of hydrogen-bond donors (Lipinski definition) is 1. The highest BCUT2D eigenvalue weighted by molar-refractivity contribution is 7.92. The number of sulfone groups is 1. The normalized spacial score (nSPS) is 12.0. The first-order chi connectivity index (χ1) is 9.86. The van der Waals surface area contributed by atoms with E-state index in [1.165, 1.54) is 0 Å². The molecule has 0 aliphatic carbocycles. The fourth-order valence-corrected chi connectivity index (χ4v) is 2.85. The maximum Gasteiger partial charge on any atom is 0.501 e. The summed E-state index contributed by atoms with van der Waals surface area (Å²) in [7, 11) is -5.18. The van der Waals surface area contributed by atoms with Crippen molar-refractivity contribution >= 4 is 27.2 Å². The first-order valence-electron chi connectivity index (χ1n) is 5.33. The van der Waals surface area contributed by atoms with E-state index in [4.69, 9.17) is 5.73 Å². The molecule has 0 amide bonds. The zero-order valence-electron chi connectivity index (χ0n) is 11.1. The van der Waals surface area contributed by atoms with Crippen molar-refractivity contribution in [2.75, 3.05) is 12.8 Å². The summed E-state index contributed by atoms with van der Waals surface area (Å²) in [5.74, 6) is -1.48. The smallest absolute Gasteiger partial charge is 0.465 e. The van der Waals surface area contributed by atoms with Crippen LogP contribution in [0, 0.1) is 17.0 Å². The van der Waals surface area contributed by atoms with Gasteiger partial charge in [0, 0.05) is 6.07 Å². The highest BCUT2D eigenvalue weighted by Crippen LogP contribution is 2.39. The minimum atomic E-state index is -5.96. The van der Waals surface area contributed by atoms with E-state index in [2.05, 4.69) is 4.74 Å². The van der Waals surface area contributed by atoms with E-state index < -0.39 is 53.6 Å². The summed E-state index contributed by atoms with van der Waals surface area (Å²) in [6.07, 6.45) is 0. The van der Waals surface area contributed by atoms with Gasteiger partial charge < -0.3 is 10.5 Å². The van der Waals surface area contributed by atoms with Gasteiger partial charge in [0.15, 0.2) is 0 Å². The number of nitrogen functional groups attached to an aromatic ring is 1. The van der Waals surface area contributed by atoms with E-state index in [-0.39, 0.29) is 0 Å². The minimum Gasteiger partial charge on any atom is -0.465 e. The summed E-state index contributed by atoms with van der Waals surface area (Å²) in [4.78, 5) is 19.8. The van der Waals surface area contributed by atoms with E-state index in [0.717, 1.165) is 14.0 Å². The largest absolute Gasteiger partial charge is 0.501 e. The number of esters is 1. The van der Waals surface area contributed by atoms with Gasteiger partial charge in [-0.15, -0.1) is 0 Å². The number of benzene rings is 1. The molecule has 0 bridgehead atoms. The molecule has 8 nitrogen and oxygen atoms in total. The van der Waals surface area contributed by atoms with Crippen molar-refractivity contribution < 1.29 is 36.0 Å². The fraction of sp³-hybridized carbons (Fsp3) is 0.300. The first-order valence-corrected chi connectivity index (χ1v) is 6.81. The van der Waals surface area contributed by atoms with E-state index in [0.29, 0.717) is 6.07 Å². The van der Waals surface area contributed by atoms with Gasteiger partial charge in [0.2, 0.25) is 0 Å². The van der Waals surface area contributed by atoms with Crippen LogP contribution >= 0.6 is 0 Å². The van der Waals surface area contributed by atoms with Crippen LogP contribution in [-0.4, -0.2) is 31.9 Å². The SMILES string of the molecule is COC(=O)c1cc([N+](=O)[O-])c(N)c(C)c1S(=O)(=O)C(F)(F)F. The second-order valence-corrected chi connectivity index (χ2v) is 5.89. The van der Waals surface area contributed by atoms with Gasteiger partial charge in [-0.2, -0.15) is 13.2 Å². The quantitative estimate of drug-likeness (QED) is 0.382. The molecule has 0 heterocycles. The molecule has 1 rings (SSSR count). The maximum atomic E-state index is 12.7. The second-order valence-electron chi connectivity index (χ2n) is 4.01. The van der Waals surface area contributed by atoms with Crippen molar-refractivity contribution in [3.05, 3.63) is 27.3 Å². The molecule has 0 aliphatic heterocycles. The number of methoxy groups -OCH3 is 1. The number of anilines is 1. The van der Waals surface area contributed by atoms with Crippen LogP contribution in [0.5, 0.6) is 0 Å². The van der Waals surface area contributed by atoms with Gasteiger partial charge in [-0.25, -0.2) is 13.2 Å². The van der Waals surface area contributed by atoms with Gasteiger partial charge in [-0.1, -0.05) is 0 Å². The molecule has 22 heavy (non-hydrogen) atoms. The molecular weight excluding hydrogens is 333 g/mol. The molecule has 0 saturated heterocycles. The number of carbonyl (C=O) groups is 1. The van der Waals surface area contributed by atoms with Gasteiger partial charge in [0.1, 0.15) is 5.69 Å². The predicted molar refractivity (Wildman–Crippen MR) is 66.8 cm³/mol. The summed E-state index contributed by atoms with van der Waals surface area (Å²) in [6.45, 7) is 0.827. The Morgan fingerprint density at radius 3 is 2.27 bits per heavy atom. The third-order valence-electron chi connectivity index (χ3n) is 2.72. The van der Waals surface area contributed by atoms with Crippen molar-refractivity contribution in [2.45, 2.75) is 17.3 Å². The van der Waals surface area contributed by atoms with Gasteiger partial charge in [-0.3, -0.25) is 10.1 Å². The van der Waals surface area contributed by atoms with Gasteiger partial charge in [-0.05, 0) is 12.5 Å². The number of rotatable bonds is 3. The van der Waals surface area contributed by atoms with Gasteiger partial charge in [0.05, 0.1) is 22.5 Å². The summed E-state index contributed by atoms with van der Waals surface area (Å²) in [5.41, 5.74) is -3.98. The van der Waals surface area contributed by atoms with Crippen LogP contribution in [0.1, 0.15) is 15.9 Å². The highest BCUT2D eigenvalue weighted by Gasteiger charge is 2.50. The molecule has 1 aromatic rings. The summed E-state index contributed by atoms with van der Waals surface area (Å²) < 4.78 is 65.5. The standard InChI is InChI=1S/C10H9F3N2O6S/c1-4-7(14)6(15(17)18)3-5(9(16)21-2)8(4)22(19,20)10(11,12)13/h3H,14H2,1-2H3. The van der Waals surface area contributed by atoms with Crippen LogP contribution in [0.4, 0.5) is 24.5 Å². The topological polar surface area (TPSA) is 130 Å². The Kier molecular flexibility index (Phi) is 4.37. The third kappa shape index (κ3) is 2.68. The lowest BCUT2D eigenvalue weighted by Crippen LogP contribution is -2.27. The van der Waals surface area contributed by atoms with Gasteiger partial charge in [0.25, 0.3) is 15.5 Å². The van der Waals surface area contributed by atoms with Crippen molar-refractivity contribution in [1.82, 2.24) is 0 Å². The summed E-state index contributed by atoms with van der Waals surface area (Å²) >= 11 is 0. The van der Waals surface area contributed by atoms with Crippen LogP contribution in [0.3, 0.4) is 0 Å². The monoisotopic (exact) mass is 342 g/mol. The maximum absolute atomic E-state index is 12.7. The van der Waals surface area contributed by atoms with E-state index >= 15 is 0 Å². The Labute approximate surface area is 121 Å². The Bertz CT molecular complexity index is 757.